The van der Waals surface area contributed by atoms with E-state index in [9.17, 15) is 4.79 Å². The van der Waals surface area contributed by atoms with E-state index in [1.54, 1.807) is 17.3 Å². The third kappa shape index (κ3) is 2.23. The molecule has 0 N–H and O–H groups in total. The Kier molecular flexibility index (Phi) is 3.02. The Bertz CT molecular complexity index is 644. The second kappa shape index (κ2) is 4.82. The van der Waals surface area contributed by atoms with Crippen LogP contribution in [0.3, 0.4) is 0 Å². The minimum atomic E-state index is 0.000718. The molecule has 1 aliphatic heterocycles. The van der Waals surface area contributed by atoms with Crippen LogP contribution in [-0.2, 0) is 4.79 Å². The summed E-state index contributed by atoms with van der Waals surface area (Å²) in [6, 6.07) is 3.80. The van der Waals surface area contributed by atoms with Gasteiger partial charge >= 0.3 is 0 Å². The van der Waals surface area contributed by atoms with Gasteiger partial charge in [0.15, 0.2) is 5.13 Å². The van der Waals surface area contributed by atoms with Crippen molar-refractivity contribution in [1.82, 2.24) is 9.97 Å². The normalized spacial score (nSPS) is 18.6. The highest BCUT2D eigenvalue weighted by molar-refractivity contribution is 7.14. The topological polar surface area (TPSA) is 46.1 Å². The van der Waals surface area contributed by atoms with Crippen molar-refractivity contribution in [1.29, 1.82) is 0 Å². The van der Waals surface area contributed by atoms with Gasteiger partial charge in [0.05, 0.1) is 5.69 Å². The Balaban J connectivity index is 1.87. The molecule has 94 valence electrons. The Morgan fingerprint density at radius 3 is 2.89 bits per heavy atom. The van der Waals surface area contributed by atoms with Crippen LogP contribution in [0.25, 0.3) is 11.3 Å². The van der Waals surface area contributed by atoms with E-state index in [0.717, 1.165) is 16.4 Å². The van der Waals surface area contributed by atoms with Gasteiger partial charge in [-0.05, 0) is 12.1 Å². The molecule has 3 rings (SSSR count). The summed E-state index contributed by atoms with van der Waals surface area (Å²) in [6.45, 7) is 0.568. The van der Waals surface area contributed by atoms with Gasteiger partial charge in [0.25, 0.3) is 0 Å². The molecular formula is C14H11N3OS. The van der Waals surface area contributed by atoms with E-state index in [-0.39, 0.29) is 11.8 Å². The number of rotatable bonds is 2. The van der Waals surface area contributed by atoms with Gasteiger partial charge in [0.1, 0.15) is 0 Å². The fraction of sp³-hybridized carbons (Fsp3) is 0.214. The summed E-state index contributed by atoms with van der Waals surface area (Å²) in [4.78, 5) is 22.0. The summed E-state index contributed by atoms with van der Waals surface area (Å²) < 4.78 is 0. The zero-order chi connectivity index (χ0) is 13.2. The van der Waals surface area contributed by atoms with Crippen molar-refractivity contribution >= 4 is 22.4 Å². The Morgan fingerprint density at radius 2 is 2.21 bits per heavy atom. The van der Waals surface area contributed by atoms with E-state index in [2.05, 4.69) is 15.9 Å². The van der Waals surface area contributed by atoms with E-state index in [0.29, 0.717) is 13.0 Å². The van der Waals surface area contributed by atoms with Crippen LogP contribution in [0.1, 0.15) is 6.42 Å². The van der Waals surface area contributed by atoms with Gasteiger partial charge < -0.3 is 0 Å². The summed E-state index contributed by atoms with van der Waals surface area (Å²) in [6.07, 6.45) is 9.25. The van der Waals surface area contributed by atoms with E-state index in [4.69, 9.17) is 6.42 Å². The van der Waals surface area contributed by atoms with Crippen LogP contribution >= 0.6 is 11.3 Å². The summed E-state index contributed by atoms with van der Waals surface area (Å²) in [5.74, 6) is 2.69. The Labute approximate surface area is 115 Å². The summed E-state index contributed by atoms with van der Waals surface area (Å²) >= 11 is 1.46. The fourth-order valence-corrected chi connectivity index (χ4v) is 2.91. The lowest BCUT2D eigenvalue weighted by molar-refractivity contribution is -0.117. The molecule has 1 unspecified atom stereocenters. The van der Waals surface area contributed by atoms with Crippen molar-refractivity contribution in [2.75, 3.05) is 11.4 Å². The highest BCUT2D eigenvalue weighted by atomic mass is 32.1. The molecule has 3 heterocycles. The van der Waals surface area contributed by atoms with Crippen LogP contribution in [0.15, 0.2) is 29.9 Å². The number of hydrogen-bond acceptors (Lipinski definition) is 4. The summed E-state index contributed by atoms with van der Waals surface area (Å²) in [7, 11) is 0. The molecule has 2 aromatic heterocycles. The number of nitrogens with zero attached hydrogens (tertiary/aromatic N) is 3. The third-order valence-corrected chi connectivity index (χ3v) is 3.92. The third-order valence-electron chi connectivity index (χ3n) is 3.06. The smallest absolute Gasteiger partial charge is 0.230 e. The van der Waals surface area contributed by atoms with Crippen LogP contribution < -0.4 is 4.90 Å². The molecular weight excluding hydrogens is 258 g/mol. The maximum absolute atomic E-state index is 11.9. The predicted molar refractivity (Wildman–Crippen MR) is 74.6 cm³/mol. The number of anilines is 1. The van der Waals surface area contributed by atoms with Crippen LogP contribution in [-0.4, -0.2) is 22.4 Å². The first-order chi connectivity index (χ1) is 9.28. The second-order valence-corrected chi connectivity index (χ2v) is 5.16. The van der Waals surface area contributed by atoms with E-state index in [1.807, 2.05) is 17.5 Å². The Morgan fingerprint density at radius 1 is 1.42 bits per heavy atom. The molecule has 1 amide bonds. The predicted octanol–water partition coefficient (Wildman–Crippen LogP) is 2.19. The number of carbonyl (C=O) groups excluding carboxylic acids is 1. The first-order valence-corrected chi connectivity index (χ1v) is 6.78. The monoisotopic (exact) mass is 269 g/mol. The standard InChI is InChI=1S/C14H11N3OS/c1-2-10-7-13(18)17(8-10)14-16-12(9-19-14)11-3-5-15-6-4-11/h1,3-6,9-10H,7-8H2. The van der Waals surface area contributed by atoms with Crippen molar-refractivity contribution in [2.45, 2.75) is 6.42 Å². The molecule has 1 atom stereocenters. The molecule has 1 aliphatic rings. The number of terminal acetylenes is 1. The van der Waals surface area contributed by atoms with Crippen molar-refractivity contribution in [3.05, 3.63) is 29.9 Å². The molecule has 2 aromatic rings. The van der Waals surface area contributed by atoms with Gasteiger partial charge in [-0.1, -0.05) is 0 Å². The van der Waals surface area contributed by atoms with Crippen molar-refractivity contribution in [3.63, 3.8) is 0 Å². The van der Waals surface area contributed by atoms with Gasteiger partial charge in [-0.2, -0.15) is 0 Å². The molecule has 0 radical (unpaired) electrons. The molecule has 19 heavy (non-hydrogen) atoms. The molecule has 0 bridgehead atoms. The quantitative estimate of drug-likeness (QED) is 0.785. The summed E-state index contributed by atoms with van der Waals surface area (Å²) in [5, 5.41) is 2.66. The number of hydrogen-bond donors (Lipinski definition) is 0. The minimum Gasteiger partial charge on any atom is -0.287 e. The number of aromatic nitrogens is 2. The maximum atomic E-state index is 11.9. The second-order valence-electron chi connectivity index (χ2n) is 4.32. The number of thiazole rings is 1. The van der Waals surface area contributed by atoms with Gasteiger partial charge in [0, 0.05) is 42.2 Å². The number of pyridine rings is 1. The maximum Gasteiger partial charge on any atom is 0.230 e. The van der Waals surface area contributed by atoms with Gasteiger partial charge in [-0.3, -0.25) is 14.7 Å². The van der Waals surface area contributed by atoms with Crippen molar-refractivity contribution in [2.24, 2.45) is 5.92 Å². The first kappa shape index (κ1) is 11.9. The first-order valence-electron chi connectivity index (χ1n) is 5.90. The largest absolute Gasteiger partial charge is 0.287 e. The van der Waals surface area contributed by atoms with Gasteiger partial charge in [-0.25, -0.2) is 4.98 Å². The van der Waals surface area contributed by atoms with Crippen LogP contribution in [0.4, 0.5) is 5.13 Å². The molecule has 0 aliphatic carbocycles. The van der Waals surface area contributed by atoms with Crippen molar-refractivity contribution in [3.8, 4) is 23.6 Å². The lowest BCUT2D eigenvalue weighted by Crippen LogP contribution is -2.24. The zero-order valence-corrected chi connectivity index (χ0v) is 10.9. The number of carbonyl (C=O) groups is 1. The Hall–Kier alpha value is -2.19. The van der Waals surface area contributed by atoms with Crippen molar-refractivity contribution < 1.29 is 4.79 Å². The molecule has 1 saturated heterocycles. The van der Waals surface area contributed by atoms with E-state index >= 15 is 0 Å². The molecule has 0 spiro atoms. The lowest BCUT2D eigenvalue weighted by Gasteiger charge is -2.10. The van der Waals surface area contributed by atoms with Crippen LogP contribution in [0.2, 0.25) is 0 Å². The molecule has 5 heteroatoms. The van der Waals surface area contributed by atoms with E-state index in [1.165, 1.54) is 11.3 Å². The average Bonchev–Trinajstić information content (AvgIpc) is 3.06. The molecule has 4 nitrogen and oxygen atoms in total. The van der Waals surface area contributed by atoms with Crippen LogP contribution in [0, 0.1) is 18.3 Å². The highest BCUT2D eigenvalue weighted by Gasteiger charge is 2.31. The van der Waals surface area contributed by atoms with E-state index < -0.39 is 0 Å². The molecule has 0 saturated carbocycles. The average molecular weight is 269 g/mol. The SMILES string of the molecule is C#CC1CC(=O)N(c2nc(-c3ccncc3)cs2)C1. The number of amides is 1. The fourth-order valence-electron chi connectivity index (χ4n) is 2.05. The molecule has 1 fully saturated rings. The highest BCUT2D eigenvalue weighted by Crippen LogP contribution is 2.31. The van der Waals surface area contributed by atoms with Gasteiger partial charge in [-0.15, -0.1) is 23.7 Å². The van der Waals surface area contributed by atoms with Gasteiger partial charge in [0.2, 0.25) is 5.91 Å². The summed E-state index contributed by atoms with van der Waals surface area (Å²) in [5.41, 5.74) is 1.86. The molecule has 0 aromatic carbocycles. The lowest BCUT2D eigenvalue weighted by atomic mass is 10.1. The van der Waals surface area contributed by atoms with Crippen LogP contribution in [0.5, 0.6) is 0 Å². The zero-order valence-electron chi connectivity index (χ0n) is 10.1. The minimum absolute atomic E-state index is 0.000718.